The Hall–Kier alpha value is -3.47. The highest BCUT2D eigenvalue weighted by Gasteiger charge is 2.31. The van der Waals surface area contributed by atoms with Crippen LogP contribution in [0.15, 0.2) is 97.1 Å². The van der Waals surface area contributed by atoms with Crippen LogP contribution in [0.5, 0.6) is 11.5 Å². The number of hydrogen-bond donors (Lipinski definition) is 2. The first-order valence-corrected chi connectivity index (χ1v) is 16.3. The summed E-state index contributed by atoms with van der Waals surface area (Å²) in [7, 11) is -1.94. The summed E-state index contributed by atoms with van der Waals surface area (Å²) in [6.07, 6.45) is 0. The number of rotatable bonds is 6. The standard InChI is InChI=1S/2C20H27BO2/c2*1-19(2,3)16-13-10-14-17(20(4,5)6)18(16)23-21(22)15-11-8-7-9-12-15/h2*7-14,22H,1-6H3. The molecule has 0 unspecified atom stereocenters. The van der Waals surface area contributed by atoms with Gasteiger partial charge in [-0.1, -0.05) is 180 Å². The Morgan fingerprint density at radius 3 is 0.826 bits per heavy atom. The maximum Gasteiger partial charge on any atom is 0.560 e. The van der Waals surface area contributed by atoms with Crippen LogP contribution in [0.1, 0.15) is 105 Å². The summed E-state index contributed by atoms with van der Waals surface area (Å²) in [6, 6.07) is 31.5. The highest BCUT2D eigenvalue weighted by atomic mass is 16.5. The van der Waals surface area contributed by atoms with Crippen molar-refractivity contribution in [1.82, 2.24) is 0 Å². The molecule has 0 bridgehead atoms. The first kappa shape index (κ1) is 37.0. The Morgan fingerprint density at radius 1 is 0.370 bits per heavy atom. The van der Waals surface area contributed by atoms with Gasteiger partial charge >= 0.3 is 14.2 Å². The zero-order chi connectivity index (χ0) is 34.5. The van der Waals surface area contributed by atoms with Crippen molar-refractivity contribution in [3.05, 3.63) is 119 Å². The summed E-state index contributed by atoms with van der Waals surface area (Å²) in [4.78, 5) is 0. The molecule has 0 spiro atoms. The average molecular weight is 620 g/mol. The molecule has 0 saturated heterocycles. The molecule has 2 N–H and O–H groups in total. The maximum absolute atomic E-state index is 10.5. The van der Waals surface area contributed by atoms with E-state index in [0.717, 1.165) is 44.7 Å². The van der Waals surface area contributed by atoms with Crippen molar-refractivity contribution >= 4 is 25.2 Å². The van der Waals surface area contributed by atoms with Gasteiger partial charge in [-0.25, -0.2) is 0 Å². The lowest BCUT2D eigenvalue weighted by Crippen LogP contribution is -2.38. The van der Waals surface area contributed by atoms with Crippen LogP contribution in [0.4, 0.5) is 0 Å². The molecule has 244 valence electrons. The van der Waals surface area contributed by atoms with Gasteiger partial charge in [0.1, 0.15) is 11.5 Å². The molecular formula is C40H54B2O4. The Morgan fingerprint density at radius 2 is 0.609 bits per heavy atom. The van der Waals surface area contributed by atoms with Crippen molar-refractivity contribution in [2.24, 2.45) is 0 Å². The molecule has 0 aliphatic heterocycles. The van der Waals surface area contributed by atoms with Gasteiger partial charge in [0.25, 0.3) is 0 Å². The third kappa shape index (κ3) is 9.77. The molecule has 0 heterocycles. The molecule has 0 fully saturated rings. The van der Waals surface area contributed by atoms with Crippen molar-refractivity contribution in [2.45, 2.75) is 105 Å². The van der Waals surface area contributed by atoms with Gasteiger partial charge in [-0.05, 0) is 54.8 Å². The quantitative estimate of drug-likeness (QED) is 0.214. The van der Waals surface area contributed by atoms with Gasteiger partial charge < -0.3 is 19.4 Å². The van der Waals surface area contributed by atoms with Gasteiger partial charge in [0.15, 0.2) is 0 Å². The second kappa shape index (κ2) is 14.5. The van der Waals surface area contributed by atoms with Gasteiger partial charge in [-0.3, -0.25) is 0 Å². The molecule has 0 radical (unpaired) electrons. The average Bonchev–Trinajstić information content (AvgIpc) is 2.96. The maximum atomic E-state index is 10.5. The molecule has 0 aliphatic carbocycles. The van der Waals surface area contributed by atoms with Gasteiger partial charge in [-0.2, -0.15) is 0 Å². The molecule has 4 aromatic rings. The van der Waals surface area contributed by atoms with Gasteiger partial charge in [-0.15, -0.1) is 0 Å². The topological polar surface area (TPSA) is 58.9 Å². The minimum Gasteiger partial charge on any atom is -0.532 e. The van der Waals surface area contributed by atoms with Gasteiger partial charge in [0.05, 0.1) is 0 Å². The highest BCUT2D eigenvalue weighted by molar-refractivity contribution is 6.61. The molecular weight excluding hydrogens is 566 g/mol. The lowest BCUT2D eigenvalue weighted by molar-refractivity contribution is 0.408. The van der Waals surface area contributed by atoms with E-state index < -0.39 is 14.2 Å². The van der Waals surface area contributed by atoms with Gasteiger partial charge in [0.2, 0.25) is 0 Å². The molecule has 0 atom stereocenters. The lowest BCUT2D eigenvalue weighted by Gasteiger charge is -2.30. The third-order valence-corrected chi connectivity index (χ3v) is 7.89. The van der Waals surface area contributed by atoms with Crippen molar-refractivity contribution < 1.29 is 19.4 Å². The predicted molar refractivity (Wildman–Crippen MR) is 197 cm³/mol. The van der Waals surface area contributed by atoms with Crippen LogP contribution >= 0.6 is 0 Å². The van der Waals surface area contributed by atoms with Crippen molar-refractivity contribution in [3.63, 3.8) is 0 Å². The van der Waals surface area contributed by atoms with E-state index in [1.165, 1.54) is 0 Å². The predicted octanol–water partition coefficient (Wildman–Crippen LogP) is 8.10. The molecule has 0 aliphatic rings. The number of hydrogen-bond acceptors (Lipinski definition) is 4. The van der Waals surface area contributed by atoms with Crippen LogP contribution in [0.2, 0.25) is 0 Å². The third-order valence-electron chi connectivity index (χ3n) is 7.89. The molecule has 6 heteroatoms. The SMILES string of the molecule is CC(C)(C)c1cccc(C(C)(C)C)c1OB(O)c1ccccc1.CC(C)(C)c1cccc(C(C)(C)C)c1OB(O)c1ccccc1. The fraction of sp³-hybridized carbons (Fsp3) is 0.400. The molecule has 0 aromatic heterocycles. The molecule has 4 rings (SSSR count). The highest BCUT2D eigenvalue weighted by Crippen LogP contribution is 2.41. The molecule has 4 nitrogen and oxygen atoms in total. The molecule has 0 amide bonds. The minimum absolute atomic E-state index is 0.0625. The van der Waals surface area contributed by atoms with E-state index in [1.807, 2.05) is 60.7 Å². The summed E-state index contributed by atoms with van der Waals surface area (Å²) in [5.74, 6) is 1.59. The molecule has 0 saturated carbocycles. The van der Waals surface area contributed by atoms with E-state index in [2.05, 4.69) is 119 Å². The van der Waals surface area contributed by atoms with Crippen LogP contribution < -0.4 is 20.2 Å². The van der Waals surface area contributed by atoms with Crippen molar-refractivity contribution in [3.8, 4) is 11.5 Å². The van der Waals surface area contributed by atoms with E-state index >= 15 is 0 Å². The van der Waals surface area contributed by atoms with Crippen LogP contribution in [0, 0.1) is 0 Å². The fourth-order valence-electron chi connectivity index (χ4n) is 5.29. The Kier molecular flexibility index (Phi) is 11.7. The summed E-state index contributed by atoms with van der Waals surface area (Å²) in [5, 5.41) is 21.1. The first-order chi connectivity index (χ1) is 21.2. The van der Waals surface area contributed by atoms with E-state index in [0.29, 0.717) is 0 Å². The zero-order valence-electron chi connectivity index (χ0n) is 30.1. The number of benzene rings is 4. The summed E-state index contributed by atoms with van der Waals surface area (Å²) in [5.41, 5.74) is 5.71. The van der Waals surface area contributed by atoms with E-state index in [9.17, 15) is 10.0 Å². The van der Waals surface area contributed by atoms with Crippen LogP contribution in [0.25, 0.3) is 0 Å². The monoisotopic (exact) mass is 620 g/mol. The largest absolute Gasteiger partial charge is 0.560 e. The van der Waals surface area contributed by atoms with Gasteiger partial charge in [0, 0.05) is 0 Å². The second-order valence-corrected chi connectivity index (χ2v) is 16.1. The Balaban J connectivity index is 0.000000250. The zero-order valence-corrected chi connectivity index (χ0v) is 30.1. The van der Waals surface area contributed by atoms with Crippen LogP contribution in [-0.2, 0) is 21.7 Å². The summed E-state index contributed by atoms with van der Waals surface area (Å²) >= 11 is 0. The van der Waals surface area contributed by atoms with E-state index in [1.54, 1.807) is 0 Å². The smallest absolute Gasteiger partial charge is 0.532 e. The molecule has 46 heavy (non-hydrogen) atoms. The molecule has 4 aromatic carbocycles. The lowest BCUT2D eigenvalue weighted by atomic mass is 9.76. The van der Waals surface area contributed by atoms with Crippen LogP contribution in [-0.4, -0.2) is 24.3 Å². The van der Waals surface area contributed by atoms with E-state index in [4.69, 9.17) is 9.31 Å². The second-order valence-electron chi connectivity index (χ2n) is 16.1. The first-order valence-electron chi connectivity index (χ1n) is 16.3. The van der Waals surface area contributed by atoms with Crippen LogP contribution in [0.3, 0.4) is 0 Å². The minimum atomic E-state index is -0.971. The Labute approximate surface area is 279 Å². The van der Waals surface area contributed by atoms with Crippen molar-refractivity contribution in [2.75, 3.05) is 0 Å². The van der Waals surface area contributed by atoms with Crippen molar-refractivity contribution in [1.29, 1.82) is 0 Å². The number of para-hydroxylation sites is 2. The summed E-state index contributed by atoms with van der Waals surface area (Å²) < 4.78 is 12.1. The normalized spacial score (nSPS) is 12.1. The summed E-state index contributed by atoms with van der Waals surface area (Å²) in [6.45, 7) is 26.0. The fourth-order valence-corrected chi connectivity index (χ4v) is 5.29. The Bertz CT molecular complexity index is 1360. The van der Waals surface area contributed by atoms with E-state index in [-0.39, 0.29) is 21.7 Å².